The molecule has 752 valence electrons. The lowest BCUT2D eigenvalue weighted by atomic mass is 10.2. The summed E-state index contributed by atoms with van der Waals surface area (Å²) in [7, 11) is -8.04. The average molecular weight is 1980 g/mol. The number of carboxylic acid groups (broad SMARTS) is 2. The topological polar surface area (TPSA) is 555 Å². The van der Waals surface area contributed by atoms with Crippen LogP contribution in [-0.4, -0.2) is 156 Å². The second-order valence-electron chi connectivity index (χ2n) is 34.2. The van der Waals surface area contributed by atoms with E-state index in [0.29, 0.717) is 46.8 Å². The van der Waals surface area contributed by atoms with Gasteiger partial charge in [-0.3, -0.25) is 28.3 Å². The summed E-state index contributed by atoms with van der Waals surface area (Å²) in [6, 6.07) is 75.2. The van der Waals surface area contributed by atoms with E-state index in [1.807, 2.05) is 147 Å². The van der Waals surface area contributed by atoms with Crippen LogP contribution in [-0.2, 0) is 104 Å². The fraction of sp³-hybridized carbons (Fsp3) is 0.294. The molecule has 10 rings (SSSR count). The number of carboxylic acids is 2. The fourth-order valence-electron chi connectivity index (χ4n) is 10.2. The Morgan fingerprint density at radius 1 is 0.336 bits per heavy atom. The number of amides is 6. The summed E-state index contributed by atoms with van der Waals surface area (Å²) in [6.07, 6.45) is -2.59. The van der Waals surface area contributed by atoms with Crippen molar-refractivity contribution >= 4 is 115 Å². The van der Waals surface area contributed by atoms with E-state index in [4.69, 9.17) is 57.2 Å². The summed E-state index contributed by atoms with van der Waals surface area (Å²) in [4.78, 5) is 138. The largest absolute Gasteiger partial charge is 0.481 e. The van der Waals surface area contributed by atoms with Crippen molar-refractivity contribution in [2.75, 3.05) is 23.7 Å². The number of aryl methyl sites for hydroxylation is 2. The van der Waals surface area contributed by atoms with E-state index >= 15 is 0 Å². The van der Waals surface area contributed by atoms with E-state index in [0.717, 1.165) is 44.8 Å². The first-order valence-corrected chi connectivity index (χ1v) is 46.2. The Morgan fingerprint density at radius 3 is 0.886 bits per heavy atom. The van der Waals surface area contributed by atoms with Gasteiger partial charge in [-0.05, 0) is 218 Å². The molecule has 0 aliphatic rings. The van der Waals surface area contributed by atoms with Crippen LogP contribution in [0.2, 0.25) is 0 Å². The first kappa shape index (κ1) is 119. The van der Waals surface area contributed by atoms with E-state index in [2.05, 4.69) is 43.4 Å². The van der Waals surface area contributed by atoms with Crippen LogP contribution in [0, 0.1) is 13.8 Å². The minimum absolute atomic E-state index is 0.0666. The van der Waals surface area contributed by atoms with Crippen molar-refractivity contribution in [3.8, 4) is 0 Å². The quantitative estimate of drug-likeness (QED) is 0.0136. The number of nitrogens with one attached hydrogen (secondary N) is 6. The number of benzene rings is 10. The Balaban J connectivity index is 0.000000423. The lowest BCUT2D eigenvalue weighted by Gasteiger charge is -2.21. The molecule has 36 nitrogen and oxygen atoms in total. The summed E-state index contributed by atoms with van der Waals surface area (Å²) < 4.78 is 100. The zero-order valence-corrected chi connectivity index (χ0v) is 82.7. The molecule has 0 aliphatic heterocycles. The minimum atomic E-state index is -4.02. The van der Waals surface area contributed by atoms with Gasteiger partial charge in [0.05, 0.1) is 38.5 Å². The molecule has 0 saturated heterocycles. The summed E-state index contributed by atoms with van der Waals surface area (Å²) >= 11 is 0. The van der Waals surface area contributed by atoms with Crippen molar-refractivity contribution in [2.45, 2.75) is 194 Å². The van der Waals surface area contributed by atoms with E-state index in [9.17, 15) is 74.4 Å². The Labute approximate surface area is 815 Å². The highest BCUT2D eigenvalue weighted by Crippen LogP contribution is 2.20. The van der Waals surface area contributed by atoms with Gasteiger partial charge < -0.3 is 91.5 Å². The number of hydrogen-bond acceptors (Lipinski definition) is 24. The predicted molar refractivity (Wildman–Crippen MR) is 523 cm³/mol. The molecule has 0 aliphatic carbocycles. The highest BCUT2D eigenvalue weighted by Gasteiger charge is 2.25. The van der Waals surface area contributed by atoms with Gasteiger partial charge in [0.25, 0.3) is 20.2 Å². The molecule has 140 heavy (non-hydrogen) atoms. The number of ether oxygens (including phenoxy) is 8. The normalized spacial score (nSPS) is 11.1. The summed E-state index contributed by atoms with van der Waals surface area (Å²) in [5.74, 6) is -4.39. The molecule has 38 heteroatoms. The van der Waals surface area contributed by atoms with Gasteiger partial charge in [0.1, 0.15) is 72.3 Å². The molecular weight excluding hydrogens is 1850 g/mol. The predicted octanol–water partition coefficient (Wildman–Crippen LogP) is 16.1. The average Bonchev–Trinajstić information content (AvgIpc) is 0.867. The van der Waals surface area contributed by atoms with Gasteiger partial charge in [-0.25, -0.2) is 38.4 Å². The van der Waals surface area contributed by atoms with Crippen molar-refractivity contribution in [1.82, 2.24) is 21.3 Å². The van der Waals surface area contributed by atoms with Crippen molar-refractivity contribution in [1.29, 1.82) is 0 Å². The summed E-state index contributed by atoms with van der Waals surface area (Å²) in [5.41, 5.74) is 15.0. The Bertz CT molecular complexity index is 5710. The number of hydrogen-bond donors (Lipinski definition) is 12. The molecule has 0 aromatic heterocycles. The maximum absolute atomic E-state index is 12.3. The monoisotopic (exact) mass is 1970 g/mol. The van der Waals surface area contributed by atoms with Crippen LogP contribution < -0.4 is 43.4 Å². The number of esters is 4. The molecule has 0 fully saturated rings. The Kier molecular flexibility index (Phi) is 50.7. The molecule has 0 radical (unpaired) electrons. The van der Waals surface area contributed by atoms with Crippen LogP contribution in [0.3, 0.4) is 0 Å². The van der Waals surface area contributed by atoms with Crippen molar-refractivity contribution in [3.63, 3.8) is 0 Å². The molecule has 0 heterocycles. The third-order valence-electron chi connectivity index (χ3n) is 16.8. The number of anilines is 2. The van der Waals surface area contributed by atoms with Crippen LogP contribution >= 0.6 is 0 Å². The van der Waals surface area contributed by atoms with Crippen molar-refractivity contribution in [2.24, 2.45) is 0 Å². The molecule has 10 aromatic rings. The van der Waals surface area contributed by atoms with Gasteiger partial charge in [-0.1, -0.05) is 181 Å². The summed E-state index contributed by atoms with van der Waals surface area (Å²) in [5, 5.41) is 31.6. The molecule has 6 amide bonds. The van der Waals surface area contributed by atoms with Crippen LogP contribution in [0.15, 0.2) is 277 Å². The first-order chi connectivity index (χ1) is 65.4. The SMILES string of the molecule is CC(C)(C)OC(=O)NCCC(=O)Nc1cccc(C(=O)OCc2ccccc2)c1.CC(C)(C)OC(=O)NCCC(=O)O.C[C@H](NC(=O)OC(C)(C)C)C(=O)Nc1cccc(C(=O)OCc2ccccc2)c1.C[C@H](NC(=O)OC(C)(C)C)C(=O)O.Cc1ccc(S(=O)(=O)O)cc1.Cc1ccc(S(=O)(=O)O)cc1.[NH3+]c1cccc(C(=O)OCc2ccccc2)c1.[NH3+]c1cccc(C(=O)OCc2ccccc2)c1. The lowest BCUT2D eigenvalue weighted by molar-refractivity contribution is -0.255. The molecule has 0 unspecified atom stereocenters. The molecule has 16 N–H and O–H groups in total. The van der Waals surface area contributed by atoms with Gasteiger partial charge in [0.2, 0.25) is 11.8 Å². The van der Waals surface area contributed by atoms with Crippen molar-refractivity contribution < 1.29 is 143 Å². The standard InChI is InChI=1S/2C22H26N2O5.2C14H13NO2.2C8H15NO4.2C7H8O3S/c1-15(23-21(27)29-22(2,3)4)19(25)24-18-12-8-11-17(13-18)20(26)28-14-16-9-6-5-7-10-16;1-22(2,3)29-21(27)23-13-12-19(25)24-18-11-7-10-17(14-18)20(26)28-15-16-8-5-4-6-9-16;2*15-13-8-4-7-12(9-13)14(16)17-10-11-5-2-1-3-6-11;1-8(2,3)13-7(12)9-5-4-6(10)11;1-5(6(10)11)9-7(12)13-8(2,3)4;2*1-6-2-4-7(5-3-6)11(8,9)10/h5-13,15H,14H2,1-4H3,(H,23,27)(H,24,25);4-11,14H,12-13,15H2,1-3H3,(H,23,27)(H,24,25);2*1-9H,10,15H2;4-5H2,1-3H3,(H,9,12)(H,10,11);5H,1-4H3,(H,9,12)(H,10,11);2*2-5H,1H3,(H,8,9,10)/p+2/t15-;;;;;5-;;/m0....0../s1. The van der Waals surface area contributed by atoms with E-state index in [-0.39, 0.29) is 66.8 Å². The molecular formula is C102H126N8O28S2+2. The number of carbonyl (C=O) groups is 12. The molecule has 0 bridgehead atoms. The third kappa shape index (κ3) is 55.7. The number of alkyl carbamates (subject to hydrolysis) is 4. The van der Waals surface area contributed by atoms with Gasteiger partial charge in [-0.15, -0.1) is 0 Å². The van der Waals surface area contributed by atoms with Crippen molar-refractivity contribution in [3.05, 3.63) is 323 Å². The van der Waals surface area contributed by atoms with E-state index < -0.39 is 109 Å². The Morgan fingerprint density at radius 2 is 0.607 bits per heavy atom. The number of carbonyl (C=O) groups excluding carboxylic acids is 10. The number of rotatable bonds is 26. The lowest BCUT2D eigenvalue weighted by Crippen LogP contribution is -2.43. The maximum Gasteiger partial charge on any atom is 0.408 e. The van der Waals surface area contributed by atoms with Crippen LogP contribution in [0.25, 0.3) is 0 Å². The van der Waals surface area contributed by atoms with Gasteiger partial charge in [0.15, 0.2) is 0 Å². The highest BCUT2D eigenvalue weighted by atomic mass is 32.2. The zero-order valence-electron chi connectivity index (χ0n) is 81.0. The third-order valence-corrected chi connectivity index (χ3v) is 18.6. The number of quaternary nitrogens is 2. The molecule has 0 saturated carbocycles. The number of aliphatic carboxylic acids is 2. The molecule has 0 spiro atoms. The van der Waals surface area contributed by atoms with Gasteiger partial charge in [0, 0.05) is 43.0 Å². The van der Waals surface area contributed by atoms with E-state index in [1.54, 1.807) is 186 Å². The molecule has 2 atom stereocenters. The minimum Gasteiger partial charge on any atom is -0.481 e. The van der Waals surface area contributed by atoms with Gasteiger partial charge >= 0.3 is 60.2 Å². The zero-order chi connectivity index (χ0) is 105. The second kappa shape index (κ2) is 59.7. The van der Waals surface area contributed by atoms with Crippen LogP contribution in [0.5, 0.6) is 0 Å². The van der Waals surface area contributed by atoms with Crippen LogP contribution in [0.1, 0.15) is 185 Å². The van der Waals surface area contributed by atoms with E-state index in [1.165, 1.54) is 44.2 Å². The smallest absolute Gasteiger partial charge is 0.408 e. The van der Waals surface area contributed by atoms with Crippen LogP contribution in [0.4, 0.5) is 41.9 Å². The summed E-state index contributed by atoms with van der Waals surface area (Å²) in [6.45, 7) is 28.6. The fourth-order valence-corrected chi connectivity index (χ4v) is 11.2. The first-order valence-electron chi connectivity index (χ1n) is 43.4. The molecule has 10 aromatic carbocycles. The Hall–Kier alpha value is -15.2. The maximum atomic E-state index is 12.3. The highest BCUT2D eigenvalue weighted by molar-refractivity contribution is 7.86. The van der Waals surface area contributed by atoms with Gasteiger partial charge in [-0.2, -0.15) is 16.8 Å². The second-order valence-corrected chi connectivity index (χ2v) is 37.1.